The monoisotopic (exact) mass is 285 g/mol. The molecule has 0 saturated carbocycles. The lowest BCUT2D eigenvalue weighted by atomic mass is 10.0. The summed E-state index contributed by atoms with van der Waals surface area (Å²) in [4.78, 5) is 13.3. The van der Waals surface area contributed by atoms with Crippen LogP contribution in [0.4, 0.5) is 4.39 Å². The van der Waals surface area contributed by atoms with Crippen LogP contribution in [0.5, 0.6) is 5.75 Å². The summed E-state index contributed by atoms with van der Waals surface area (Å²) >= 11 is 1.78. The zero-order chi connectivity index (χ0) is 13.8. The topological polar surface area (TPSA) is 49.8 Å². The maximum atomic E-state index is 14.2. The molecule has 1 aromatic rings. The molecule has 1 N–H and O–H groups in total. The molecule has 2 rings (SSSR count). The number of methoxy groups -OCH3 is 1. The van der Waals surface area contributed by atoms with Gasteiger partial charge in [0, 0.05) is 30.2 Å². The van der Waals surface area contributed by atoms with Crippen molar-refractivity contribution in [1.29, 1.82) is 0 Å². The van der Waals surface area contributed by atoms with Gasteiger partial charge in [-0.05, 0) is 6.07 Å². The van der Waals surface area contributed by atoms with Crippen molar-refractivity contribution in [2.24, 2.45) is 0 Å². The number of hydrogen-bond acceptors (Lipinski definition) is 4. The summed E-state index contributed by atoms with van der Waals surface area (Å²) in [6, 6.07) is 3.67. The second kappa shape index (κ2) is 6.25. The molecule has 0 bridgehead atoms. The van der Waals surface area contributed by atoms with Crippen LogP contribution in [0.3, 0.4) is 0 Å². The van der Waals surface area contributed by atoms with Crippen molar-refractivity contribution in [3.05, 3.63) is 29.6 Å². The van der Waals surface area contributed by atoms with E-state index in [2.05, 4.69) is 0 Å². The first-order valence-electron chi connectivity index (χ1n) is 6.02. The number of hydrogen-bond donors (Lipinski definition) is 1. The van der Waals surface area contributed by atoms with Crippen LogP contribution in [-0.2, 0) is 4.79 Å². The Morgan fingerprint density at radius 3 is 2.74 bits per heavy atom. The average Bonchev–Trinajstić information content (AvgIpc) is 2.42. The van der Waals surface area contributed by atoms with Gasteiger partial charge in [0.15, 0.2) is 11.6 Å². The van der Waals surface area contributed by atoms with Gasteiger partial charge in [-0.1, -0.05) is 12.1 Å². The fraction of sp³-hybridized carbons (Fsp3) is 0.462. The number of nitrogens with zero attached hydrogens (tertiary/aromatic N) is 1. The van der Waals surface area contributed by atoms with E-state index in [0.29, 0.717) is 13.1 Å². The largest absolute Gasteiger partial charge is 0.494 e. The fourth-order valence-corrected chi connectivity index (χ4v) is 3.15. The molecule has 1 heterocycles. The van der Waals surface area contributed by atoms with Gasteiger partial charge >= 0.3 is 5.97 Å². The van der Waals surface area contributed by atoms with Gasteiger partial charge in [0.2, 0.25) is 0 Å². The molecule has 1 aliphatic heterocycles. The molecule has 1 fully saturated rings. The molecule has 0 aromatic heterocycles. The van der Waals surface area contributed by atoms with Crippen molar-refractivity contribution in [3.63, 3.8) is 0 Å². The van der Waals surface area contributed by atoms with Gasteiger partial charge in [0.05, 0.1) is 7.11 Å². The molecule has 0 amide bonds. The minimum absolute atomic E-state index is 0.0788. The Balaban J connectivity index is 2.36. The summed E-state index contributed by atoms with van der Waals surface area (Å²) < 4.78 is 19.1. The van der Waals surface area contributed by atoms with Crippen molar-refractivity contribution in [1.82, 2.24) is 4.90 Å². The molecule has 1 atom stereocenters. The highest BCUT2D eigenvalue weighted by Gasteiger charge is 2.31. The molecule has 1 aromatic carbocycles. The fourth-order valence-electron chi connectivity index (χ4n) is 2.22. The summed E-state index contributed by atoms with van der Waals surface area (Å²) in [5, 5.41) is 9.41. The lowest BCUT2D eigenvalue weighted by Crippen LogP contribution is -2.40. The van der Waals surface area contributed by atoms with Crippen LogP contribution in [-0.4, -0.2) is 47.7 Å². The second-order valence-corrected chi connectivity index (χ2v) is 5.48. The van der Waals surface area contributed by atoms with Crippen molar-refractivity contribution in [2.45, 2.75) is 6.04 Å². The van der Waals surface area contributed by atoms with Gasteiger partial charge in [0.1, 0.15) is 6.04 Å². The number of halogens is 1. The molecular weight excluding hydrogens is 269 g/mol. The van der Waals surface area contributed by atoms with Crippen molar-refractivity contribution in [2.75, 3.05) is 31.7 Å². The Labute approximate surface area is 115 Å². The predicted molar refractivity (Wildman–Crippen MR) is 72.2 cm³/mol. The summed E-state index contributed by atoms with van der Waals surface area (Å²) in [5.41, 5.74) is 0.166. The number of aliphatic carboxylic acids is 1. The first-order valence-corrected chi connectivity index (χ1v) is 7.17. The van der Waals surface area contributed by atoms with Gasteiger partial charge in [-0.25, -0.2) is 4.39 Å². The summed E-state index contributed by atoms with van der Waals surface area (Å²) in [6.45, 7) is 1.30. The minimum Gasteiger partial charge on any atom is -0.494 e. The van der Waals surface area contributed by atoms with Crippen LogP contribution in [0, 0.1) is 5.82 Å². The lowest BCUT2D eigenvalue weighted by molar-refractivity contribution is -0.143. The lowest BCUT2D eigenvalue weighted by Gasteiger charge is -2.32. The molecule has 0 radical (unpaired) electrons. The van der Waals surface area contributed by atoms with Crippen LogP contribution < -0.4 is 4.74 Å². The van der Waals surface area contributed by atoms with Crippen molar-refractivity contribution >= 4 is 17.7 Å². The second-order valence-electron chi connectivity index (χ2n) is 4.25. The molecule has 4 nitrogen and oxygen atoms in total. The molecule has 1 unspecified atom stereocenters. The van der Waals surface area contributed by atoms with Crippen LogP contribution in [0.2, 0.25) is 0 Å². The number of carbonyl (C=O) groups is 1. The molecule has 1 aliphatic rings. The number of carboxylic acid groups (broad SMARTS) is 1. The van der Waals surface area contributed by atoms with E-state index >= 15 is 0 Å². The van der Waals surface area contributed by atoms with Gasteiger partial charge < -0.3 is 9.84 Å². The summed E-state index contributed by atoms with van der Waals surface area (Å²) in [5.74, 6) is 0.204. The Hall–Kier alpha value is -1.27. The van der Waals surface area contributed by atoms with Gasteiger partial charge in [0.25, 0.3) is 0 Å². The number of rotatable bonds is 4. The highest BCUT2D eigenvalue weighted by Crippen LogP contribution is 2.30. The van der Waals surface area contributed by atoms with E-state index in [1.165, 1.54) is 19.2 Å². The van der Waals surface area contributed by atoms with Crippen molar-refractivity contribution < 1.29 is 19.0 Å². The highest BCUT2D eigenvalue weighted by molar-refractivity contribution is 7.99. The first kappa shape index (κ1) is 14.1. The Morgan fingerprint density at radius 1 is 1.47 bits per heavy atom. The quantitative estimate of drug-likeness (QED) is 0.917. The van der Waals surface area contributed by atoms with E-state index < -0.39 is 17.8 Å². The third-order valence-electron chi connectivity index (χ3n) is 3.15. The Morgan fingerprint density at radius 2 is 2.16 bits per heavy atom. The van der Waals surface area contributed by atoms with Crippen molar-refractivity contribution in [3.8, 4) is 5.75 Å². The predicted octanol–water partition coefficient (Wildman–Crippen LogP) is 2.01. The molecule has 6 heteroatoms. The third kappa shape index (κ3) is 3.01. The third-order valence-corrected chi connectivity index (χ3v) is 4.09. The Kier molecular flexibility index (Phi) is 4.66. The molecule has 0 aliphatic carbocycles. The molecule has 19 heavy (non-hydrogen) atoms. The molecule has 1 saturated heterocycles. The molecule has 0 spiro atoms. The molecule has 104 valence electrons. The van der Waals surface area contributed by atoms with Crippen LogP contribution >= 0.6 is 11.8 Å². The maximum absolute atomic E-state index is 14.2. The number of ether oxygens (including phenoxy) is 1. The van der Waals surface area contributed by atoms with E-state index in [1.54, 1.807) is 22.7 Å². The smallest absolute Gasteiger partial charge is 0.325 e. The van der Waals surface area contributed by atoms with E-state index in [4.69, 9.17) is 4.74 Å². The van der Waals surface area contributed by atoms with Gasteiger partial charge in [-0.2, -0.15) is 11.8 Å². The number of carboxylic acids is 1. The highest BCUT2D eigenvalue weighted by atomic mass is 32.2. The van der Waals surface area contributed by atoms with Crippen LogP contribution in [0.25, 0.3) is 0 Å². The standard InChI is InChI=1S/C13H16FNO3S/c1-18-10-4-2-3-9(11(10)14)12(13(16)17)15-5-7-19-8-6-15/h2-4,12H,5-8H2,1H3,(H,16,17). The zero-order valence-electron chi connectivity index (χ0n) is 10.6. The zero-order valence-corrected chi connectivity index (χ0v) is 11.5. The average molecular weight is 285 g/mol. The SMILES string of the molecule is COc1cccc(C(C(=O)O)N2CCSCC2)c1F. The van der Waals surface area contributed by atoms with E-state index in [1.807, 2.05) is 0 Å². The van der Waals surface area contributed by atoms with E-state index in [-0.39, 0.29) is 11.3 Å². The summed E-state index contributed by atoms with van der Waals surface area (Å²) in [7, 11) is 1.37. The summed E-state index contributed by atoms with van der Waals surface area (Å²) in [6.07, 6.45) is 0. The van der Waals surface area contributed by atoms with E-state index in [0.717, 1.165) is 11.5 Å². The first-order chi connectivity index (χ1) is 9.15. The number of benzene rings is 1. The van der Waals surface area contributed by atoms with Crippen LogP contribution in [0.15, 0.2) is 18.2 Å². The molecular formula is C13H16FNO3S. The maximum Gasteiger partial charge on any atom is 0.325 e. The minimum atomic E-state index is -1.03. The van der Waals surface area contributed by atoms with E-state index in [9.17, 15) is 14.3 Å². The normalized spacial score (nSPS) is 18.0. The number of thioether (sulfide) groups is 1. The van der Waals surface area contributed by atoms with Gasteiger partial charge in [-0.3, -0.25) is 9.69 Å². The van der Waals surface area contributed by atoms with Crippen LogP contribution in [0.1, 0.15) is 11.6 Å². The van der Waals surface area contributed by atoms with Gasteiger partial charge in [-0.15, -0.1) is 0 Å². The Bertz CT molecular complexity index is 463.